The molecule has 0 aliphatic carbocycles. The first-order chi connectivity index (χ1) is 12.6. The molecule has 0 spiro atoms. The second kappa shape index (κ2) is 7.12. The van der Waals surface area contributed by atoms with E-state index in [0.717, 1.165) is 6.26 Å². The molecule has 11 heteroatoms. The fourth-order valence-electron chi connectivity index (χ4n) is 2.21. The van der Waals surface area contributed by atoms with Gasteiger partial charge < -0.3 is 15.5 Å². The Balaban J connectivity index is 1.85. The number of hydrogen-bond donors (Lipinski definition) is 2. The molecule has 0 amide bonds. The van der Waals surface area contributed by atoms with E-state index in [-0.39, 0.29) is 33.5 Å². The maximum atomic E-state index is 11.6. The van der Waals surface area contributed by atoms with E-state index in [1.165, 1.54) is 18.3 Å². The number of anilines is 3. The zero-order chi connectivity index (χ0) is 19.8. The van der Waals surface area contributed by atoms with Gasteiger partial charge in [0.05, 0.1) is 15.5 Å². The Morgan fingerprint density at radius 3 is 2.56 bits per heavy atom. The lowest BCUT2D eigenvalue weighted by atomic mass is 10.2. The molecule has 9 nitrogen and oxygen atoms in total. The predicted molar refractivity (Wildman–Crippen MR) is 102 cm³/mol. The number of nitrogens with two attached hydrogens (primary N) is 1. The summed E-state index contributed by atoms with van der Waals surface area (Å²) in [5.74, 6) is 1.19. The molecule has 27 heavy (non-hydrogen) atoms. The summed E-state index contributed by atoms with van der Waals surface area (Å²) in [5, 5.41) is 10.9. The Bertz CT molecular complexity index is 1100. The lowest BCUT2D eigenvalue weighted by molar-refractivity contribution is 0.481. The zero-order valence-corrected chi connectivity index (χ0v) is 16.3. The van der Waals surface area contributed by atoms with Gasteiger partial charge in [-0.1, -0.05) is 25.4 Å². The molecular weight excluding hydrogens is 392 g/mol. The molecule has 0 aliphatic heterocycles. The van der Waals surface area contributed by atoms with E-state index in [9.17, 15) is 8.42 Å². The second-order valence-electron chi connectivity index (χ2n) is 6.14. The Morgan fingerprint density at radius 2 is 2.00 bits per heavy atom. The van der Waals surface area contributed by atoms with Crippen molar-refractivity contribution in [1.82, 2.24) is 20.2 Å². The van der Waals surface area contributed by atoms with Crippen LogP contribution in [0.5, 0.6) is 0 Å². The van der Waals surface area contributed by atoms with Crippen LogP contribution in [0.3, 0.4) is 0 Å². The van der Waals surface area contributed by atoms with Gasteiger partial charge in [-0.2, -0.15) is 4.98 Å². The van der Waals surface area contributed by atoms with E-state index >= 15 is 0 Å². The van der Waals surface area contributed by atoms with Gasteiger partial charge in [0.15, 0.2) is 9.84 Å². The number of nitrogens with one attached hydrogen (secondary N) is 1. The van der Waals surface area contributed by atoms with Crippen molar-refractivity contribution in [1.29, 1.82) is 0 Å². The maximum absolute atomic E-state index is 11.6. The molecule has 0 saturated carbocycles. The van der Waals surface area contributed by atoms with Crippen molar-refractivity contribution >= 4 is 38.9 Å². The molecule has 0 fully saturated rings. The Kier molecular flexibility index (Phi) is 5.03. The topological polar surface area (TPSA) is 137 Å². The highest BCUT2D eigenvalue weighted by molar-refractivity contribution is 7.90. The van der Waals surface area contributed by atoms with Crippen LogP contribution in [0.4, 0.5) is 17.5 Å². The number of rotatable bonds is 5. The summed E-state index contributed by atoms with van der Waals surface area (Å²) in [5.41, 5.74) is 6.91. The molecule has 3 N–H and O–H groups in total. The van der Waals surface area contributed by atoms with Crippen LogP contribution in [0, 0.1) is 0 Å². The summed E-state index contributed by atoms with van der Waals surface area (Å²) in [6.07, 6.45) is 2.56. The number of sulfone groups is 1. The van der Waals surface area contributed by atoms with E-state index in [2.05, 4.69) is 25.5 Å². The number of aromatic nitrogens is 4. The third-order valence-electron chi connectivity index (χ3n) is 3.57. The van der Waals surface area contributed by atoms with E-state index in [4.69, 9.17) is 21.8 Å². The molecular formula is C16H17ClN6O3S. The van der Waals surface area contributed by atoms with Crippen molar-refractivity contribution in [2.75, 3.05) is 17.3 Å². The largest absolute Gasteiger partial charge is 0.420 e. The zero-order valence-electron chi connectivity index (χ0n) is 14.8. The van der Waals surface area contributed by atoms with Crippen LogP contribution in [0.1, 0.15) is 25.7 Å². The van der Waals surface area contributed by atoms with Gasteiger partial charge in [0, 0.05) is 24.1 Å². The molecule has 2 heterocycles. The number of hydrogen-bond acceptors (Lipinski definition) is 9. The molecule has 0 radical (unpaired) electrons. The Morgan fingerprint density at radius 1 is 1.26 bits per heavy atom. The fourth-order valence-corrected chi connectivity index (χ4v) is 3.53. The number of nitrogens with zero attached hydrogens (tertiary/aromatic N) is 4. The second-order valence-corrected chi connectivity index (χ2v) is 8.53. The molecule has 142 valence electrons. The van der Waals surface area contributed by atoms with Crippen LogP contribution in [-0.4, -0.2) is 34.8 Å². The standard InChI is InChI=1S/C16H17ClN6O3S/c1-8(2)14-22-23-15(26-14)10-7-19-16(21-13(10)18)20-9-4-5-12(11(17)6-9)27(3,24)25/h4-8H,1-3H3,(H3,18,19,20,21). The molecule has 0 atom stereocenters. The van der Waals surface area contributed by atoms with Gasteiger partial charge in [-0.25, -0.2) is 13.4 Å². The molecule has 0 aliphatic rings. The fraction of sp³-hybridized carbons (Fsp3) is 0.250. The molecule has 0 unspecified atom stereocenters. The van der Waals surface area contributed by atoms with E-state index in [1.54, 1.807) is 6.07 Å². The van der Waals surface area contributed by atoms with Crippen molar-refractivity contribution < 1.29 is 12.8 Å². The van der Waals surface area contributed by atoms with Crippen molar-refractivity contribution in [3.05, 3.63) is 35.3 Å². The highest BCUT2D eigenvalue weighted by Crippen LogP contribution is 2.28. The van der Waals surface area contributed by atoms with Crippen molar-refractivity contribution in [3.63, 3.8) is 0 Å². The molecule has 0 bridgehead atoms. The average Bonchev–Trinajstić information content (AvgIpc) is 3.04. The van der Waals surface area contributed by atoms with Gasteiger partial charge in [-0.3, -0.25) is 0 Å². The monoisotopic (exact) mass is 408 g/mol. The van der Waals surface area contributed by atoms with Crippen LogP contribution < -0.4 is 11.1 Å². The predicted octanol–water partition coefficient (Wildman–Crippen LogP) is 3.03. The summed E-state index contributed by atoms with van der Waals surface area (Å²) in [7, 11) is -3.40. The normalized spacial score (nSPS) is 11.7. The van der Waals surface area contributed by atoms with Gasteiger partial charge in [0.1, 0.15) is 5.82 Å². The van der Waals surface area contributed by atoms with Crippen molar-refractivity contribution in [3.8, 4) is 11.5 Å². The molecule has 0 saturated heterocycles. The lowest BCUT2D eigenvalue weighted by Crippen LogP contribution is -2.03. The smallest absolute Gasteiger partial charge is 0.253 e. The van der Waals surface area contributed by atoms with Crippen molar-refractivity contribution in [2.45, 2.75) is 24.7 Å². The maximum Gasteiger partial charge on any atom is 0.253 e. The summed E-state index contributed by atoms with van der Waals surface area (Å²) in [6.45, 7) is 3.87. The minimum Gasteiger partial charge on any atom is -0.420 e. The number of benzene rings is 1. The average molecular weight is 409 g/mol. The first-order valence-electron chi connectivity index (χ1n) is 7.88. The minimum atomic E-state index is -3.40. The molecule has 3 aromatic rings. The van der Waals surface area contributed by atoms with Gasteiger partial charge in [0.25, 0.3) is 5.89 Å². The lowest BCUT2D eigenvalue weighted by Gasteiger charge is -2.09. The SMILES string of the molecule is CC(C)c1nnc(-c2cnc(Nc3ccc(S(C)(=O)=O)c(Cl)c3)nc2N)o1. The van der Waals surface area contributed by atoms with E-state index < -0.39 is 9.84 Å². The minimum absolute atomic E-state index is 0.0443. The highest BCUT2D eigenvalue weighted by Gasteiger charge is 2.16. The molecule has 1 aromatic carbocycles. The third-order valence-corrected chi connectivity index (χ3v) is 5.15. The van der Waals surface area contributed by atoms with E-state index in [1.807, 2.05) is 13.8 Å². The first-order valence-corrected chi connectivity index (χ1v) is 10.1. The molecule has 2 aromatic heterocycles. The quantitative estimate of drug-likeness (QED) is 0.652. The number of nitrogen functional groups attached to an aromatic ring is 1. The van der Waals surface area contributed by atoms with Crippen LogP contribution in [0.15, 0.2) is 33.7 Å². The van der Waals surface area contributed by atoms with Gasteiger partial charge in [0.2, 0.25) is 11.8 Å². The summed E-state index contributed by atoms with van der Waals surface area (Å²) in [6, 6.07) is 4.44. The van der Waals surface area contributed by atoms with Crippen LogP contribution in [0.25, 0.3) is 11.5 Å². The summed E-state index contributed by atoms with van der Waals surface area (Å²) < 4.78 is 28.8. The highest BCUT2D eigenvalue weighted by atomic mass is 35.5. The van der Waals surface area contributed by atoms with Gasteiger partial charge in [-0.05, 0) is 18.2 Å². The van der Waals surface area contributed by atoms with Crippen LogP contribution in [0.2, 0.25) is 5.02 Å². The third kappa shape index (κ3) is 4.17. The Hall–Kier alpha value is -2.72. The number of halogens is 1. The summed E-state index contributed by atoms with van der Waals surface area (Å²) >= 11 is 6.03. The Labute approximate surface area is 160 Å². The van der Waals surface area contributed by atoms with E-state index in [0.29, 0.717) is 17.1 Å². The first kappa shape index (κ1) is 19.1. The van der Waals surface area contributed by atoms with Crippen LogP contribution in [-0.2, 0) is 9.84 Å². The van der Waals surface area contributed by atoms with Crippen LogP contribution >= 0.6 is 11.6 Å². The van der Waals surface area contributed by atoms with Gasteiger partial charge >= 0.3 is 0 Å². The molecule has 3 rings (SSSR count). The summed E-state index contributed by atoms with van der Waals surface area (Å²) in [4.78, 5) is 8.39. The van der Waals surface area contributed by atoms with Gasteiger partial charge in [-0.15, -0.1) is 10.2 Å². The van der Waals surface area contributed by atoms with Crippen molar-refractivity contribution in [2.24, 2.45) is 0 Å².